The zero-order chi connectivity index (χ0) is 17.5. The maximum absolute atomic E-state index is 13.7. The summed E-state index contributed by atoms with van der Waals surface area (Å²) in [6, 6.07) is 4.99. The van der Waals surface area contributed by atoms with E-state index in [1.54, 1.807) is 30.5 Å². The van der Waals surface area contributed by atoms with Crippen LogP contribution in [-0.4, -0.2) is 31.1 Å². The number of aliphatic imine (C=N–C) groups is 1. The van der Waals surface area contributed by atoms with Gasteiger partial charge in [0.1, 0.15) is 5.82 Å². The quantitative estimate of drug-likeness (QED) is 0.562. The van der Waals surface area contributed by atoms with Crippen LogP contribution in [0.4, 0.5) is 4.39 Å². The third-order valence-electron chi connectivity index (χ3n) is 3.62. The van der Waals surface area contributed by atoms with Crippen molar-refractivity contribution in [2.24, 2.45) is 4.99 Å². The summed E-state index contributed by atoms with van der Waals surface area (Å²) in [4.78, 5) is 9.98. The smallest absolute Gasteiger partial charge is 0.191 e. The van der Waals surface area contributed by atoms with Crippen molar-refractivity contribution >= 4 is 33.2 Å². The van der Waals surface area contributed by atoms with Crippen LogP contribution in [0.3, 0.4) is 0 Å². The lowest BCUT2D eigenvalue weighted by Gasteiger charge is -2.11. The first kappa shape index (κ1) is 18.9. The van der Waals surface area contributed by atoms with Crippen LogP contribution in [0.5, 0.6) is 0 Å². The van der Waals surface area contributed by atoms with Crippen molar-refractivity contribution in [3.63, 3.8) is 0 Å². The minimum atomic E-state index is -0.183. The lowest BCUT2D eigenvalue weighted by Crippen LogP contribution is -2.39. The fraction of sp³-hybridized carbons (Fsp3) is 0.412. The predicted octanol–water partition coefficient (Wildman–Crippen LogP) is 3.61. The summed E-state index contributed by atoms with van der Waals surface area (Å²) in [5.74, 6) is 0.535. The first-order chi connectivity index (χ1) is 11.5. The van der Waals surface area contributed by atoms with Crippen LogP contribution in [0, 0.1) is 19.7 Å². The van der Waals surface area contributed by atoms with Crippen molar-refractivity contribution in [2.45, 2.75) is 26.7 Å². The van der Waals surface area contributed by atoms with E-state index >= 15 is 0 Å². The Bertz CT molecular complexity index is 695. The van der Waals surface area contributed by atoms with Gasteiger partial charge in [-0.2, -0.15) is 0 Å². The Morgan fingerprint density at radius 3 is 2.58 bits per heavy atom. The van der Waals surface area contributed by atoms with E-state index in [0.717, 1.165) is 34.1 Å². The third-order valence-corrected chi connectivity index (χ3v) is 5.25. The van der Waals surface area contributed by atoms with Gasteiger partial charge >= 0.3 is 0 Å². The molecule has 0 bridgehead atoms. The highest BCUT2D eigenvalue weighted by molar-refractivity contribution is 9.10. The molecule has 0 amide bonds. The molecule has 4 nitrogen and oxygen atoms in total. The highest BCUT2D eigenvalue weighted by atomic mass is 79.9. The Morgan fingerprint density at radius 1 is 1.25 bits per heavy atom. The second-order valence-corrected chi connectivity index (χ2v) is 7.61. The molecule has 0 fully saturated rings. The van der Waals surface area contributed by atoms with E-state index in [1.165, 1.54) is 10.9 Å². The van der Waals surface area contributed by atoms with E-state index in [0.29, 0.717) is 18.5 Å². The van der Waals surface area contributed by atoms with Crippen LogP contribution in [-0.2, 0) is 12.8 Å². The molecule has 1 heterocycles. The maximum atomic E-state index is 13.7. The molecule has 0 radical (unpaired) electrons. The molecule has 2 N–H and O–H groups in total. The number of aromatic nitrogens is 1. The Kier molecular flexibility index (Phi) is 7.17. The van der Waals surface area contributed by atoms with E-state index in [2.05, 4.69) is 43.5 Å². The number of rotatable bonds is 6. The van der Waals surface area contributed by atoms with Crippen molar-refractivity contribution in [3.8, 4) is 0 Å². The van der Waals surface area contributed by atoms with Gasteiger partial charge in [-0.1, -0.05) is 15.9 Å². The molecule has 0 unspecified atom stereocenters. The molecule has 0 aliphatic carbocycles. The molecule has 0 aliphatic rings. The van der Waals surface area contributed by atoms with E-state index < -0.39 is 0 Å². The number of benzene rings is 1. The fourth-order valence-corrected chi connectivity index (χ4v) is 3.55. The van der Waals surface area contributed by atoms with Gasteiger partial charge < -0.3 is 10.6 Å². The molecular weight excluding hydrogens is 391 g/mol. The van der Waals surface area contributed by atoms with Crippen molar-refractivity contribution in [1.29, 1.82) is 0 Å². The summed E-state index contributed by atoms with van der Waals surface area (Å²) >= 11 is 5.10. The van der Waals surface area contributed by atoms with Gasteiger partial charge in [0.05, 0.1) is 10.7 Å². The Morgan fingerprint density at radius 2 is 1.96 bits per heavy atom. The van der Waals surface area contributed by atoms with Gasteiger partial charge in [0.25, 0.3) is 0 Å². The number of hydrogen-bond acceptors (Lipinski definition) is 3. The summed E-state index contributed by atoms with van der Waals surface area (Å²) in [5.41, 5.74) is 1.79. The predicted molar refractivity (Wildman–Crippen MR) is 102 cm³/mol. The number of guanidine groups is 1. The van der Waals surface area contributed by atoms with Gasteiger partial charge in [-0.25, -0.2) is 9.37 Å². The second kappa shape index (κ2) is 9.13. The van der Waals surface area contributed by atoms with Crippen molar-refractivity contribution in [1.82, 2.24) is 15.6 Å². The van der Waals surface area contributed by atoms with Gasteiger partial charge in [-0.3, -0.25) is 4.99 Å². The largest absolute Gasteiger partial charge is 0.356 e. The zero-order valence-electron chi connectivity index (χ0n) is 14.1. The van der Waals surface area contributed by atoms with Crippen LogP contribution < -0.4 is 10.6 Å². The average Bonchev–Trinajstić information content (AvgIpc) is 2.87. The lowest BCUT2D eigenvalue weighted by atomic mass is 10.1. The summed E-state index contributed by atoms with van der Waals surface area (Å²) in [5, 5.41) is 7.60. The normalized spacial score (nSPS) is 11.6. The summed E-state index contributed by atoms with van der Waals surface area (Å²) in [6.45, 7) is 5.50. The van der Waals surface area contributed by atoms with Gasteiger partial charge in [-0.15, -0.1) is 11.3 Å². The number of nitrogens with one attached hydrogen (secondary N) is 2. The molecule has 0 saturated heterocycles. The first-order valence-electron chi connectivity index (χ1n) is 7.81. The number of halogens is 2. The summed E-state index contributed by atoms with van der Waals surface area (Å²) in [6.07, 6.45) is 1.46. The Labute approximate surface area is 154 Å². The van der Waals surface area contributed by atoms with Gasteiger partial charge in [0.2, 0.25) is 0 Å². The van der Waals surface area contributed by atoms with Gasteiger partial charge in [0, 0.05) is 35.9 Å². The van der Waals surface area contributed by atoms with E-state index in [9.17, 15) is 4.39 Å². The van der Waals surface area contributed by atoms with Crippen molar-refractivity contribution in [2.75, 3.05) is 20.1 Å². The summed E-state index contributed by atoms with van der Waals surface area (Å²) in [7, 11) is 1.73. The highest BCUT2D eigenvalue weighted by Gasteiger charge is 2.05. The van der Waals surface area contributed by atoms with Gasteiger partial charge in [0.15, 0.2) is 5.96 Å². The zero-order valence-corrected chi connectivity index (χ0v) is 16.5. The van der Waals surface area contributed by atoms with Crippen LogP contribution >= 0.6 is 27.3 Å². The minimum Gasteiger partial charge on any atom is -0.356 e. The molecule has 0 saturated carbocycles. The van der Waals surface area contributed by atoms with Crippen molar-refractivity contribution < 1.29 is 4.39 Å². The third kappa shape index (κ3) is 5.56. The molecule has 7 heteroatoms. The van der Waals surface area contributed by atoms with Gasteiger partial charge in [-0.05, 0) is 44.0 Å². The lowest BCUT2D eigenvalue weighted by molar-refractivity contribution is 0.606. The molecule has 24 heavy (non-hydrogen) atoms. The van der Waals surface area contributed by atoms with Crippen molar-refractivity contribution in [3.05, 3.63) is 49.6 Å². The topological polar surface area (TPSA) is 49.3 Å². The molecule has 0 atom stereocenters. The molecule has 130 valence electrons. The molecule has 2 rings (SSSR count). The summed E-state index contributed by atoms with van der Waals surface area (Å²) < 4.78 is 14.6. The fourth-order valence-electron chi connectivity index (χ4n) is 2.21. The molecule has 2 aromatic rings. The van der Waals surface area contributed by atoms with Crippen LogP contribution in [0.1, 0.15) is 21.1 Å². The standard InChI is InChI=1S/C17H22BrFN4S/c1-11-12(2)24-16(23-11)7-9-22-17(20-3)21-8-6-13-10-14(18)4-5-15(13)19/h4-5,10H,6-9H2,1-3H3,(H2,20,21,22). The van der Waals surface area contributed by atoms with E-state index in [1.807, 2.05) is 6.92 Å². The van der Waals surface area contributed by atoms with Crippen LogP contribution in [0.15, 0.2) is 27.7 Å². The first-order valence-corrected chi connectivity index (χ1v) is 9.42. The van der Waals surface area contributed by atoms with Crippen LogP contribution in [0.25, 0.3) is 0 Å². The molecule has 1 aromatic carbocycles. The minimum absolute atomic E-state index is 0.183. The highest BCUT2D eigenvalue weighted by Crippen LogP contribution is 2.16. The molecule has 1 aromatic heterocycles. The molecular formula is C17H22BrFN4S. The molecule has 0 spiro atoms. The van der Waals surface area contributed by atoms with Crippen LogP contribution in [0.2, 0.25) is 0 Å². The Hall–Kier alpha value is -1.47. The number of thiazole rings is 1. The maximum Gasteiger partial charge on any atom is 0.191 e. The average molecular weight is 413 g/mol. The number of aryl methyl sites for hydroxylation is 2. The van der Waals surface area contributed by atoms with E-state index in [4.69, 9.17) is 0 Å². The SMILES string of the molecule is CN=C(NCCc1nc(C)c(C)s1)NCCc1cc(Br)ccc1F. The second-order valence-electron chi connectivity index (χ2n) is 5.41. The monoisotopic (exact) mass is 412 g/mol. The van der Waals surface area contributed by atoms with E-state index in [-0.39, 0.29) is 5.82 Å². The number of nitrogens with zero attached hydrogens (tertiary/aromatic N) is 2. The Balaban J connectivity index is 1.75. The molecule has 0 aliphatic heterocycles. The number of hydrogen-bond donors (Lipinski definition) is 2.